The molecule has 6 heteroatoms. The number of hydrogen-bond acceptors (Lipinski definition) is 4. The predicted molar refractivity (Wildman–Crippen MR) is 93.6 cm³/mol. The lowest BCUT2D eigenvalue weighted by molar-refractivity contribution is 0.0954. The minimum atomic E-state index is -0.232. The highest BCUT2D eigenvalue weighted by Crippen LogP contribution is 2.24. The summed E-state index contributed by atoms with van der Waals surface area (Å²) in [6, 6.07) is 10.5. The first kappa shape index (κ1) is 17.9. The molecule has 2 aromatic carbocycles. The monoisotopic (exact) mass is 349 g/mol. The molecule has 5 nitrogen and oxygen atoms in total. The van der Waals surface area contributed by atoms with Gasteiger partial charge in [-0.05, 0) is 48.4 Å². The van der Waals surface area contributed by atoms with Gasteiger partial charge in [-0.1, -0.05) is 11.6 Å². The zero-order valence-electron chi connectivity index (χ0n) is 13.9. The fraction of sp³-hybridized carbons (Fsp3) is 0.278. The van der Waals surface area contributed by atoms with Crippen LogP contribution in [0.4, 0.5) is 0 Å². The van der Waals surface area contributed by atoms with E-state index in [-0.39, 0.29) is 5.91 Å². The summed E-state index contributed by atoms with van der Waals surface area (Å²) in [5, 5.41) is 3.21. The summed E-state index contributed by atoms with van der Waals surface area (Å²) in [5.41, 5.74) is 1.37. The molecule has 2 aromatic rings. The molecule has 0 aromatic heterocycles. The van der Waals surface area contributed by atoms with Gasteiger partial charge in [-0.3, -0.25) is 4.79 Å². The molecule has 0 aliphatic heterocycles. The van der Waals surface area contributed by atoms with Gasteiger partial charge in [0.2, 0.25) is 0 Å². The van der Waals surface area contributed by atoms with Gasteiger partial charge in [0, 0.05) is 6.54 Å². The lowest BCUT2D eigenvalue weighted by Crippen LogP contribution is -2.26. The first-order valence-corrected chi connectivity index (χ1v) is 7.79. The Kier molecular flexibility index (Phi) is 6.32. The van der Waals surface area contributed by atoms with Crippen molar-refractivity contribution in [2.45, 2.75) is 6.42 Å². The van der Waals surface area contributed by atoms with Crippen LogP contribution >= 0.6 is 11.6 Å². The van der Waals surface area contributed by atoms with E-state index in [1.54, 1.807) is 39.5 Å². The Bertz CT molecular complexity index is 718. The normalized spacial score (nSPS) is 10.2. The topological polar surface area (TPSA) is 56.8 Å². The van der Waals surface area contributed by atoms with Crippen molar-refractivity contribution >= 4 is 17.5 Å². The molecule has 0 heterocycles. The summed E-state index contributed by atoms with van der Waals surface area (Å²) in [6.45, 7) is 0.449. The number of rotatable bonds is 7. The molecule has 24 heavy (non-hydrogen) atoms. The number of carbonyl (C=O) groups excluding carboxylic acids is 1. The molecule has 0 radical (unpaired) electrons. The Morgan fingerprint density at radius 3 is 2.29 bits per heavy atom. The highest BCUT2D eigenvalue weighted by molar-refractivity contribution is 6.34. The van der Waals surface area contributed by atoms with Gasteiger partial charge in [0.15, 0.2) is 0 Å². The molecule has 0 unspecified atom stereocenters. The average molecular weight is 350 g/mol. The number of halogens is 1. The van der Waals surface area contributed by atoms with Crippen LogP contribution in [0.3, 0.4) is 0 Å². The van der Waals surface area contributed by atoms with Gasteiger partial charge in [0.1, 0.15) is 17.2 Å². The van der Waals surface area contributed by atoms with E-state index in [0.717, 1.165) is 17.1 Å². The molecule has 0 aliphatic rings. The number of ether oxygens (including phenoxy) is 3. The van der Waals surface area contributed by atoms with Crippen LogP contribution in [-0.2, 0) is 6.42 Å². The van der Waals surface area contributed by atoms with Crippen LogP contribution < -0.4 is 19.5 Å². The highest BCUT2D eigenvalue weighted by atomic mass is 35.5. The number of hydrogen-bond donors (Lipinski definition) is 1. The van der Waals surface area contributed by atoms with Gasteiger partial charge in [-0.25, -0.2) is 0 Å². The Morgan fingerprint density at radius 1 is 1.00 bits per heavy atom. The van der Waals surface area contributed by atoms with Crippen LogP contribution in [0, 0.1) is 0 Å². The second-order valence-electron chi connectivity index (χ2n) is 5.03. The first-order chi connectivity index (χ1) is 11.6. The Hall–Kier alpha value is -2.40. The number of methoxy groups -OCH3 is 3. The summed E-state index contributed by atoms with van der Waals surface area (Å²) in [6.07, 6.45) is 0.611. The van der Waals surface area contributed by atoms with Crippen molar-refractivity contribution in [3.8, 4) is 17.2 Å². The van der Waals surface area contributed by atoms with Crippen LogP contribution in [0.15, 0.2) is 36.4 Å². The van der Waals surface area contributed by atoms with E-state index < -0.39 is 0 Å². The Labute approximate surface area is 146 Å². The zero-order valence-corrected chi connectivity index (χ0v) is 14.6. The quantitative estimate of drug-likeness (QED) is 0.833. The number of benzene rings is 2. The van der Waals surface area contributed by atoms with E-state index in [0.29, 0.717) is 29.3 Å². The van der Waals surface area contributed by atoms with Gasteiger partial charge >= 0.3 is 0 Å². The molecule has 0 aliphatic carbocycles. The second-order valence-corrected chi connectivity index (χ2v) is 5.44. The van der Waals surface area contributed by atoms with Crippen molar-refractivity contribution in [3.05, 3.63) is 52.5 Å². The minimum Gasteiger partial charge on any atom is -0.497 e. The molecule has 0 spiro atoms. The number of amides is 1. The molecular formula is C18H20ClNO4. The molecule has 128 valence electrons. The predicted octanol–water partition coefficient (Wildman–Crippen LogP) is 3.34. The van der Waals surface area contributed by atoms with Crippen molar-refractivity contribution in [2.75, 3.05) is 27.9 Å². The van der Waals surface area contributed by atoms with Gasteiger partial charge in [-0.2, -0.15) is 0 Å². The Balaban J connectivity index is 2.00. The molecule has 0 saturated heterocycles. The SMILES string of the molecule is COc1ccc(C(=O)NCCc2cc(OC)ccc2OC)c(Cl)c1. The molecule has 0 saturated carbocycles. The van der Waals surface area contributed by atoms with Gasteiger partial charge < -0.3 is 19.5 Å². The van der Waals surface area contributed by atoms with E-state index in [9.17, 15) is 4.79 Å². The first-order valence-electron chi connectivity index (χ1n) is 7.41. The van der Waals surface area contributed by atoms with Crippen LogP contribution in [0.25, 0.3) is 0 Å². The summed E-state index contributed by atoms with van der Waals surface area (Å²) in [5.74, 6) is 1.88. The van der Waals surface area contributed by atoms with Crippen molar-refractivity contribution in [1.29, 1.82) is 0 Å². The van der Waals surface area contributed by atoms with Crippen molar-refractivity contribution in [2.24, 2.45) is 0 Å². The molecule has 0 fully saturated rings. The summed E-state index contributed by atoms with van der Waals surface area (Å²) >= 11 is 6.11. The van der Waals surface area contributed by atoms with Crippen LogP contribution in [0.2, 0.25) is 5.02 Å². The van der Waals surface area contributed by atoms with Crippen molar-refractivity contribution in [3.63, 3.8) is 0 Å². The van der Waals surface area contributed by atoms with Crippen LogP contribution in [-0.4, -0.2) is 33.8 Å². The minimum absolute atomic E-state index is 0.232. The van der Waals surface area contributed by atoms with Gasteiger partial charge in [-0.15, -0.1) is 0 Å². The molecule has 2 rings (SSSR count). The third kappa shape index (κ3) is 4.32. The lowest BCUT2D eigenvalue weighted by Gasteiger charge is -2.12. The Morgan fingerprint density at radius 2 is 1.67 bits per heavy atom. The fourth-order valence-corrected chi connectivity index (χ4v) is 2.55. The third-order valence-electron chi connectivity index (χ3n) is 3.59. The summed E-state index contributed by atoms with van der Waals surface area (Å²) < 4.78 is 15.6. The maximum absolute atomic E-state index is 12.2. The van der Waals surface area contributed by atoms with E-state index in [1.165, 1.54) is 0 Å². The largest absolute Gasteiger partial charge is 0.497 e. The van der Waals surface area contributed by atoms with E-state index in [1.807, 2.05) is 18.2 Å². The van der Waals surface area contributed by atoms with Crippen molar-refractivity contribution < 1.29 is 19.0 Å². The second kappa shape index (κ2) is 8.45. The van der Waals surface area contributed by atoms with E-state index in [4.69, 9.17) is 25.8 Å². The number of nitrogens with one attached hydrogen (secondary N) is 1. The fourth-order valence-electron chi connectivity index (χ4n) is 2.29. The lowest BCUT2D eigenvalue weighted by atomic mass is 10.1. The molecular weight excluding hydrogens is 330 g/mol. The van der Waals surface area contributed by atoms with E-state index >= 15 is 0 Å². The van der Waals surface area contributed by atoms with Crippen molar-refractivity contribution in [1.82, 2.24) is 5.32 Å². The van der Waals surface area contributed by atoms with Crippen LogP contribution in [0.1, 0.15) is 15.9 Å². The number of carbonyl (C=O) groups is 1. The zero-order chi connectivity index (χ0) is 17.5. The average Bonchev–Trinajstić information content (AvgIpc) is 2.61. The summed E-state index contributed by atoms with van der Waals surface area (Å²) in [7, 11) is 4.77. The molecule has 1 N–H and O–H groups in total. The van der Waals surface area contributed by atoms with Gasteiger partial charge in [0.05, 0.1) is 31.9 Å². The molecule has 1 amide bonds. The maximum Gasteiger partial charge on any atom is 0.252 e. The highest BCUT2D eigenvalue weighted by Gasteiger charge is 2.11. The standard InChI is InChI=1S/C18H20ClNO4/c1-22-13-5-7-17(24-3)12(10-13)8-9-20-18(21)15-6-4-14(23-2)11-16(15)19/h4-7,10-11H,8-9H2,1-3H3,(H,20,21). The van der Waals surface area contributed by atoms with Crippen LogP contribution in [0.5, 0.6) is 17.2 Å². The maximum atomic E-state index is 12.2. The van der Waals surface area contributed by atoms with Gasteiger partial charge in [0.25, 0.3) is 5.91 Å². The molecule has 0 atom stereocenters. The van der Waals surface area contributed by atoms with E-state index in [2.05, 4.69) is 5.32 Å². The smallest absolute Gasteiger partial charge is 0.252 e. The molecule has 0 bridgehead atoms. The summed E-state index contributed by atoms with van der Waals surface area (Å²) in [4.78, 5) is 12.2. The third-order valence-corrected chi connectivity index (χ3v) is 3.90.